The van der Waals surface area contributed by atoms with Crippen LogP contribution in [0.5, 0.6) is 0 Å². The number of hydrogen-bond donors (Lipinski definition) is 0. The Bertz CT molecular complexity index is 411. The predicted octanol–water partition coefficient (Wildman–Crippen LogP) is 2.82. The van der Waals surface area contributed by atoms with Gasteiger partial charge in [0.05, 0.1) is 24.7 Å². The number of methoxy groups -OCH3 is 1. The van der Waals surface area contributed by atoms with Gasteiger partial charge in [-0.25, -0.2) is 0 Å². The van der Waals surface area contributed by atoms with Crippen molar-refractivity contribution in [1.29, 1.82) is 5.26 Å². The van der Waals surface area contributed by atoms with Gasteiger partial charge in [0.25, 0.3) is 0 Å². The van der Waals surface area contributed by atoms with E-state index in [1.165, 1.54) is 0 Å². The average Bonchev–Trinajstić information content (AvgIpc) is 2.39. The monoisotopic (exact) mass is 231 g/mol. The van der Waals surface area contributed by atoms with Gasteiger partial charge in [-0.1, -0.05) is 24.3 Å². The molecule has 0 N–H and O–H groups in total. The van der Waals surface area contributed by atoms with Crippen LogP contribution < -0.4 is 0 Å². The van der Waals surface area contributed by atoms with Gasteiger partial charge in [-0.05, 0) is 24.0 Å². The van der Waals surface area contributed by atoms with E-state index in [1.54, 1.807) is 7.11 Å². The first kappa shape index (κ1) is 12.1. The summed E-state index contributed by atoms with van der Waals surface area (Å²) in [5, 5.41) is 9.14. The Morgan fingerprint density at radius 2 is 2.41 bits per heavy atom. The van der Waals surface area contributed by atoms with Crippen LogP contribution in [0.4, 0.5) is 0 Å². The summed E-state index contributed by atoms with van der Waals surface area (Å²) in [6.07, 6.45) is 1.83. The molecule has 1 aromatic carbocycles. The number of nitrogens with zero attached hydrogens (tertiary/aromatic N) is 1. The van der Waals surface area contributed by atoms with Gasteiger partial charge < -0.3 is 9.47 Å². The fourth-order valence-corrected chi connectivity index (χ4v) is 2.27. The molecule has 3 nitrogen and oxygen atoms in total. The highest BCUT2D eigenvalue weighted by atomic mass is 16.5. The average molecular weight is 231 g/mol. The van der Waals surface area contributed by atoms with Crippen molar-refractivity contribution in [2.75, 3.05) is 13.7 Å². The summed E-state index contributed by atoms with van der Waals surface area (Å²) in [5.74, 6) is -0.0263. The summed E-state index contributed by atoms with van der Waals surface area (Å²) >= 11 is 0. The normalized spacial score (nSPS) is 24.2. The van der Waals surface area contributed by atoms with E-state index < -0.39 is 0 Å². The first-order valence-electron chi connectivity index (χ1n) is 5.94. The summed E-state index contributed by atoms with van der Waals surface area (Å²) in [7, 11) is 1.68. The highest BCUT2D eigenvalue weighted by Gasteiger charge is 2.27. The Morgan fingerprint density at radius 3 is 3.18 bits per heavy atom. The molecule has 0 aliphatic carbocycles. The quantitative estimate of drug-likeness (QED) is 0.803. The smallest absolute Gasteiger partial charge is 0.0983 e. The maximum Gasteiger partial charge on any atom is 0.0983 e. The molecule has 90 valence electrons. The molecule has 0 radical (unpaired) electrons. The van der Waals surface area contributed by atoms with Crippen molar-refractivity contribution in [3.05, 3.63) is 35.4 Å². The van der Waals surface area contributed by atoms with Gasteiger partial charge in [-0.3, -0.25) is 0 Å². The molecule has 0 aromatic heterocycles. The zero-order chi connectivity index (χ0) is 12.1. The number of rotatable bonds is 3. The minimum atomic E-state index is -0.0782. The van der Waals surface area contributed by atoms with Crippen molar-refractivity contribution >= 4 is 0 Å². The lowest BCUT2D eigenvalue weighted by molar-refractivity contribution is -0.0102. The third-order valence-electron chi connectivity index (χ3n) is 3.08. The summed E-state index contributed by atoms with van der Waals surface area (Å²) < 4.78 is 10.9. The highest BCUT2D eigenvalue weighted by molar-refractivity contribution is 5.26. The second-order valence-corrected chi connectivity index (χ2v) is 4.35. The van der Waals surface area contributed by atoms with Crippen molar-refractivity contribution in [1.82, 2.24) is 0 Å². The molecule has 3 heteroatoms. The summed E-state index contributed by atoms with van der Waals surface area (Å²) in [4.78, 5) is 0. The van der Waals surface area contributed by atoms with E-state index >= 15 is 0 Å². The van der Waals surface area contributed by atoms with Crippen molar-refractivity contribution < 1.29 is 9.47 Å². The van der Waals surface area contributed by atoms with Gasteiger partial charge >= 0.3 is 0 Å². The first-order chi connectivity index (χ1) is 8.35. The van der Waals surface area contributed by atoms with Crippen LogP contribution >= 0.6 is 0 Å². The number of ether oxygens (including phenoxy) is 2. The zero-order valence-electron chi connectivity index (χ0n) is 10.1. The molecule has 1 saturated heterocycles. The van der Waals surface area contributed by atoms with Gasteiger partial charge in [0.15, 0.2) is 0 Å². The second kappa shape index (κ2) is 5.81. The van der Waals surface area contributed by atoms with E-state index in [4.69, 9.17) is 14.7 Å². The van der Waals surface area contributed by atoms with Crippen LogP contribution in [0.1, 0.15) is 30.1 Å². The molecule has 0 saturated carbocycles. The van der Waals surface area contributed by atoms with E-state index in [0.717, 1.165) is 30.6 Å². The standard InChI is InChI=1S/C14H17NO2/c1-16-10-11-4-2-5-12(8-11)14-13(9-15)6-3-7-17-14/h2,4-5,8,13-14H,3,6-7,10H2,1H3. The second-order valence-electron chi connectivity index (χ2n) is 4.35. The molecule has 2 atom stereocenters. The fraction of sp³-hybridized carbons (Fsp3) is 0.500. The number of benzene rings is 1. The van der Waals surface area contributed by atoms with Gasteiger partial charge in [0.2, 0.25) is 0 Å². The maximum absolute atomic E-state index is 9.14. The van der Waals surface area contributed by atoms with Crippen LogP contribution in [0.25, 0.3) is 0 Å². The van der Waals surface area contributed by atoms with E-state index in [0.29, 0.717) is 6.61 Å². The molecule has 2 rings (SSSR count). The number of hydrogen-bond acceptors (Lipinski definition) is 3. The summed E-state index contributed by atoms with van der Waals surface area (Å²) in [5.41, 5.74) is 2.21. The predicted molar refractivity (Wildman–Crippen MR) is 64.2 cm³/mol. The Labute approximate surface area is 102 Å². The zero-order valence-corrected chi connectivity index (χ0v) is 10.1. The molecule has 1 aromatic rings. The lowest BCUT2D eigenvalue weighted by Crippen LogP contribution is -2.21. The van der Waals surface area contributed by atoms with Crippen LogP contribution in [-0.2, 0) is 16.1 Å². The van der Waals surface area contributed by atoms with Crippen molar-refractivity contribution in [3.63, 3.8) is 0 Å². The van der Waals surface area contributed by atoms with Gasteiger partial charge in [0.1, 0.15) is 0 Å². The minimum absolute atomic E-state index is 0.0263. The third-order valence-corrected chi connectivity index (χ3v) is 3.08. The van der Waals surface area contributed by atoms with E-state index in [-0.39, 0.29) is 12.0 Å². The third kappa shape index (κ3) is 2.85. The highest BCUT2D eigenvalue weighted by Crippen LogP contribution is 2.33. The Kier molecular flexibility index (Phi) is 4.13. The summed E-state index contributed by atoms with van der Waals surface area (Å²) in [6.45, 7) is 1.34. The largest absolute Gasteiger partial charge is 0.380 e. The van der Waals surface area contributed by atoms with Crippen LogP contribution in [0.3, 0.4) is 0 Å². The topological polar surface area (TPSA) is 42.2 Å². The molecule has 1 fully saturated rings. The Balaban J connectivity index is 2.20. The summed E-state index contributed by atoms with van der Waals surface area (Å²) in [6, 6.07) is 10.5. The minimum Gasteiger partial charge on any atom is -0.380 e. The molecule has 1 aliphatic rings. The van der Waals surface area contributed by atoms with Gasteiger partial charge in [-0.15, -0.1) is 0 Å². The SMILES string of the molecule is COCc1cccc(C2OCCCC2C#N)c1. The van der Waals surface area contributed by atoms with Gasteiger partial charge in [0, 0.05) is 13.7 Å². The molecule has 0 amide bonds. The molecular formula is C14H17NO2. The maximum atomic E-state index is 9.14. The molecule has 1 heterocycles. The van der Waals surface area contributed by atoms with Crippen LogP contribution in [0.2, 0.25) is 0 Å². The molecule has 0 bridgehead atoms. The van der Waals surface area contributed by atoms with E-state index in [1.807, 2.05) is 18.2 Å². The first-order valence-corrected chi connectivity index (χ1v) is 5.94. The Hall–Kier alpha value is -1.37. The van der Waals surface area contributed by atoms with Crippen molar-refractivity contribution in [2.24, 2.45) is 5.92 Å². The molecule has 17 heavy (non-hydrogen) atoms. The van der Waals surface area contributed by atoms with Crippen LogP contribution in [0.15, 0.2) is 24.3 Å². The van der Waals surface area contributed by atoms with Crippen molar-refractivity contribution in [3.8, 4) is 6.07 Å². The lowest BCUT2D eigenvalue weighted by atomic mass is 9.90. The molecule has 2 unspecified atom stereocenters. The van der Waals surface area contributed by atoms with E-state index in [2.05, 4.69) is 12.1 Å². The van der Waals surface area contributed by atoms with Gasteiger partial charge in [-0.2, -0.15) is 5.26 Å². The van der Waals surface area contributed by atoms with E-state index in [9.17, 15) is 0 Å². The molecular weight excluding hydrogens is 214 g/mol. The lowest BCUT2D eigenvalue weighted by Gasteiger charge is -2.27. The van der Waals surface area contributed by atoms with Crippen molar-refractivity contribution in [2.45, 2.75) is 25.6 Å². The number of nitriles is 1. The van der Waals surface area contributed by atoms with Crippen LogP contribution in [-0.4, -0.2) is 13.7 Å². The van der Waals surface area contributed by atoms with Crippen LogP contribution in [0, 0.1) is 17.2 Å². The Morgan fingerprint density at radius 1 is 1.53 bits per heavy atom. The molecule has 1 aliphatic heterocycles. The fourth-order valence-electron chi connectivity index (χ4n) is 2.27. The molecule has 0 spiro atoms.